The first-order chi connectivity index (χ1) is 11.6. The summed E-state index contributed by atoms with van der Waals surface area (Å²) in [6, 6.07) is 5.67. The van der Waals surface area contributed by atoms with Crippen LogP contribution in [0.5, 0.6) is 5.75 Å². The SMILES string of the molecule is CCCC(=O)Nc1nc(-c2ccc3c(c2)N(CC)C(=O)CO3)cs1. The van der Waals surface area contributed by atoms with Crippen molar-refractivity contribution < 1.29 is 14.3 Å². The largest absolute Gasteiger partial charge is 0.482 e. The Labute approximate surface area is 144 Å². The van der Waals surface area contributed by atoms with E-state index < -0.39 is 0 Å². The van der Waals surface area contributed by atoms with Gasteiger partial charge in [0, 0.05) is 23.9 Å². The molecule has 3 rings (SSSR count). The molecule has 1 aliphatic heterocycles. The van der Waals surface area contributed by atoms with Crippen LogP contribution in [-0.4, -0.2) is 29.9 Å². The number of hydrogen-bond acceptors (Lipinski definition) is 5. The van der Waals surface area contributed by atoms with Crippen LogP contribution in [0.1, 0.15) is 26.7 Å². The van der Waals surface area contributed by atoms with Crippen LogP contribution in [0, 0.1) is 0 Å². The Morgan fingerprint density at radius 1 is 1.42 bits per heavy atom. The summed E-state index contributed by atoms with van der Waals surface area (Å²) in [7, 11) is 0. The van der Waals surface area contributed by atoms with Crippen molar-refractivity contribution in [1.82, 2.24) is 4.98 Å². The molecule has 6 nitrogen and oxygen atoms in total. The van der Waals surface area contributed by atoms with Crippen LogP contribution < -0.4 is 15.0 Å². The van der Waals surface area contributed by atoms with Gasteiger partial charge in [0.15, 0.2) is 11.7 Å². The molecule has 0 atom stereocenters. The molecule has 2 heterocycles. The maximum Gasteiger partial charge on any atom is 0.265 e. The highest BCUT2D eigenvalue weighted by molar-refractivity contribution is 7.14. The number of amides is 2. The molecule has 2 amide bonds. The Morgan fingerprint density at radius 2 is 2.25 bits per heavy atom. The van der Waals surface area contributed by atoms with Crippen LogP contribution >= 0.6 is 11.3 Å². The van der Waals surface area contributed by atoms with E-state index in [1.165, 1.54) is 11.3 Å². The topological polar surface area (TPSA) is 71.5 Å². The van der Waals surface area contributed by atoms with Gasteiger partial charge in [-0.15, -0.1) is 11.3 Å². The maximum atomic E-state index is 12.0. The summed E-state index contributed by atoms with van der Waals surface area (Å²) >= 11 is 1.39. The minimum atomic E-state index is -0.0482. The van der Waals surface area contributed by atoms with Gasteiger partial charge in [-0.25, -0.2) is 4.98 Å². The van der Waals surface area contributed by atoms with Gasteiger partial charge in [-0.3, -0.25) is 9.59 Å². The van der Waals surface area contributed by atoms with Crippen LogP contribution in [0.4, 0.5) is 10.8 Å². The average molecular weight is 345 g/mol. The summed E-state index contributed by atoms with van der Waals surface area (Å²) in [5, 5.41) is 5.28. The number of anilines is 2. The molecule has 126 valence electrons. The van der Waals surface area contributed by atoms with E-state index in [9.17, 15) is 9.59 Å². The molecule has 1 aliphatic rings. The summed E-state index contributed by atoms with van der Waals surface area (Å²) < 4.78 is 5.48. The molecule has 0 unspecified atom stereocenters. The Hall–Kier alpha value is -2.41. The maximum absolute atomic E-state index is 12.0. The average Bonchev–Trinajstić information content (AvgIpc) is 3.03. The van der Waals surface area contributed by atoms with Crippen molar-refractivity contribution in [2.24, 2.45) is 0 Å². The molecule has 24 heavy (non-hydrogen) atoms. The zero-order valence-electron chi connectivity index (χ0n) is 13.7. The summed E-state index contributed by atoms with van der Waals surface area (Å²) in [5.41, 5.74) is 2.41. The third-order valence-electron chi connectivity index (χ3n) is 3.74. The normalized spacial score (nSPS) is 13.4. The highest BCUT2D eigenvalue weighted by Crippen LogP contribution is 2.36. The van der Waals surface area contributed by atoms with Crippen molar-refractivity contribution in [3.63, 3.8) is 0 Å². The van der Waals surface area contributed by atoms with Gasteiger partial charge in [0.05, 0.1) is 11.4 Å². The summed E-state index contributed by atoms with van der Waals surface area (Å²) in [6.45, 7) is 4.56. The number of nitrogens with zero attached hydrogens (tertiary/aromatic N) is 2. The molecule has 1 aromatic carbocycles. The number of ether oxygens (including phenoxy) is 1. The van der Waals surface area contributed by atoms with Crippen LogP contribution in [0.25, 0.3) is 11.3 Å². The predicted octanol–water partition coefficient (Wildman–Crippen LogP) is 3.29. The number of nitrogens with one attached hydrogen (secondary N) is 1. The van der Waals surface area contributed by atoms with Crippen molar-refractivity contribution in [1.29, 1.82) is 0 Å². The standard InChI is InChI=1S/C17H19N3O3S/c1-3-5-15(21)19-17-18-12(10-24-17)11-6-7-14-13(8-11)20(4-2)16(22)9-23-14/h6-8,10H,3-5,9H2,1-2H3,(H,18,19,21). The number of thiazole rings is 1. The van der Waals surface area contributed by atoms with Crippen molar-refractivity contribution in [3.8, 4) is 17.0 Å². The molecular weight excluding hydrogens is 326 g/mol. The minimum Gasteiger partial charge on any atom is -0.482 e. The van der Waals surface area contributed by atoms with E-state index in [0.29, 0.717) is 23.8 Å². The number of rotatable bonds is 5. The van der Waals surface area contributed by atoms with Crippen LogP contribution in [0.3, 0.4) is 0 Å². The summed E-state index contributed by atoms with van der Waals surface area (Å²) in [4.78, 5) is 29.8. The minimum absolute atomic E-state index is 0.0278. The fraction of sp³-hybridized carbons (Fsp3) is 0.353. The smallest absolute Gasteiger partial charge is 0.265 e. The van der Waals surface area contributed by atoms with Crippen molar-refractivity contribution in [3.05, 3.63) is 23.6 Å². The molecular formula is C17H19N3O3S. The highest BCUT2D eigenvalue weighted by Gasteiger charge is 2.24. The Bertz CT molecular complexity index is 772. The number of likely N-dealkylation sites (N-methyl/N-ethyl adjacent to an activating group) is 1. The number of fused-ring (bicyclic) bond motifs is 1. The van der Waals surface area contributed by atoms with Crippen LogP contribution in [0.15, 0.2) is 23.6 Å². The van der Waals surface area contributed by atoms with Gasteiger partial charge >= 0.3 is 0 Å². The Kier molecular flexibility index (Phi) is 4.80. The Morgan fingerprint density at radius 3 is 3.00 bits per heavy atom. The molecule has 0 aliphatic carbocycles. The predicted molar refractivity (Wildman–Crippen MR) is 94.6 cm³/mol. The zero-order chi connectivity index (χ0) is 17.1. The third-order valence-corrected chi connectivity index (χ3v) is 4.50. The first kappa shape index (κ1) is 16.4. The molecule has 0 fully saturated rings. The van der Waals surface area contributed by atoms with Gasteiger partial charge in [0.1, 0.15) is 5.75 Å². The molecule has 0 bridgehead atoms. The summed E-state index contributed by atoms with van der Waals surface area (Å²) in [5.74, 6) is 0.625. The van der Waals surface area contributed by atoms with E-state index in [2.05, 4.69) is 10.3 Å². The van der Waals surface area contributed by atoms with E-state index in [4.69, 9.17) is 4.74 Å². The molecule has 0 saturated carbocycles. The van der Waals surface area contributed by atoms with Crippen molar-refractivity contribution in [2.45, 2.75) is 26.7 Å². The summed E-state index contributed by atoms with van der Waals surface area (Å²) in [6.07, 6.45) is 1.29. The second kappa shape index (κ2) is 7.00. The number of carbonyl (C=O) groups is 2. The lowest BCUT2D eigenvalue weighted by atomic mass is 10.1. The second-order valence-electron chi connectivity index (χ2n) is 5.45. The fourth-order valence-corrected chi connectivity index (χ4v) is 3.32. The molecule has 1 aromatic heterocycles. The van der Waals surface area contributed by atoms with Crippen LogP contribution in [-0.2, 0) is 9.59 Å². The number of aromatic nitrogens is 1. The lowest BCUT2D eigenvalue weighted by molar-refractivity contribution is -0.121. The van der Waals surface area contributed by atoms with Crippen molar-refractivity contribution >= 4 is 34.0 Å². The van der Waals surface area contributed by atoms with Gasteiger partial charge in [-0.1, -0.05) is 6.92 Å². The fourth-order valence-electron chi connectivity index (χ4n) is 2.58. The molecule has 2 aromatic rings. The molecule has 7 heteroatoms. The highest BCUT2D eigenvalue weighted by atomic mass is 32.1. The Balaban J connectivity index is 1.86. The number of benzene rings is 1. The molecule has 0 radical (unpaired) electrons. The molecule has 1 N–H and O–H groups in total. The van der Waals surface area contributed by atoms with Gasteiger partial charge in [0.25, 0.3) is 5.91 Å². The first-order valence-electron chi connectivity index (χ1n) is 7.95. The first-order valence-corrected chi connectivity index (χ1v) is 8.83. The number of carbonyl (C=O) groups excluding carboxylic acids is 2. The second-order valence-corrected chi connectivity index (χ2v) is 6.30. The van der Waals surface area contributed by atoms with E-state index in [0.717, 1.165) is 23.4 Å². The van der Waals surface area contributed by atoms with E-state index in [1.807, 2.05) is 37.4 Å². The monoisotopic (exact) mass is 345 g/mol. The third kappa shape index (κ3) is 3.26. The number of hydrogen-bond donors (Lipinski definition) is 1. The van der Waals surface area contributed by atoms with E-state index in [-0.39, 0.29) is 18.4 Å². The van der Waals surface area contributed by atoms with E-state index >= 15 is 0 Å². The van der Waals surface area contributed by atoms with Gasteiger partial charge in [-0.2, -0.15) is 0 Å². The lowest BCUT2D eigenvalue weighted by Crippen LogP contribution is -2.38. The van der Waals surface area contributed by atoms with Gasteiger partial charge in [0.2, 0.25) is 5.91 Å². The van der Waals surface area contributed by atoms with Gasteiger partial charge < -0.3 is 15.0 Å². The van der Waals surface area contributed by atoms with E-state index in [1.54, 1.807) is 4.90 Å². The lowest BCUT2D eigenvalue weighted by Gasteiger charge is -2.28. The van der Waals surface area contributed by atoms with Crippen LogP contribution in [0.2, 0.25) is 0 Å². The molecule has 0 spiro atoms. The quantitative estimate of drug-likeness (QED) is 0.902. The van der Waals surface area contributed by atoms with Crippen molar-refractivity contribution in [2.75, 3.05) is 23.4 Å². The zero-order valence-corrected chi connectivity index (χ0v) is 14.5. The van der Waals surface area contributed by atoms with Gasteiger partial charge in [-0.05, 0) is 31.5 Å². The molecule has 0 saturated heterocycles.